The van der Waals surface area contributed by atoms with Crippen LogP contribution in [0.2, 0.25) is 0 Å². The zero-order valence-corrected chi connectivity index (χ0v) is 47.5. The molecule has 0 saturated carbocycles. The van der Waals surface area contributed by atoms with Crippen molar-refractivity contribution in [1.29, 1.82) is 0 Å². The first-order valence-electron chi connectivity index (χ1n) is 26.6. The summed E-state index contributed by atoms with van der Waals surface area (Å²) < 4.78 is 51.9. The zero-order valence-electron chi connectivity index (χ0n) is 47.5. The SMILES string of the molecule is CC[C@H]1OC(=O)[C@H](C)[C@@H](O[C@H]2C[C@@](C)(OC)[C@@H](OC(=O)CCNCCOc3ccc4c(=O)c(C(=O)O)cn(N(C)C)c4c3)[C@H](C)O2)[C@H](C)[C@@H](O[C@@H]2O[C@H](C)C[C@H](N(C)C)[C@H]2O)[C@](C)(O)C[C@@H](C)/C(=N\O)[C@H](C)[C@@H](O)[C@]1(C)O. The number of cyclic esters (lactones) is 1. The molecule has 0 radical (unpaired) electrons. The summed E-state index contributed by atoms with van der Waals surface area (Å²) >= 11 is 0. The van der Waals surface area contributed by atoms with E-state index in [1.807, 2.05) is 25.9 Å². The van der Waals surface area contributed by atoms with E-state index in [1.54, 1.807) is 84.4 Å². The molecule has 3 fully saturated rings. The quantitative estimate of drug-likeness (QED) is 0.0519. The fourth-order valence-electron chi connectivity index (χ4n) is 11.4. The van der Waals surface area contributed by atoms with Gasteiger partial charge in [-0.05, 0) is 87.0 Å². The molecule has 5 rings (SSSR count). The van der Waals surface area contributed by atoms with E-state index in [4.69, 9.17) is 37.9 Å². The summed E-state index contributed by atoms with van der Waals surface area (Å²) in [5.41, 5.74) is -5.51. The van der Waals surface area contributed by atoms with Crippen LogP contribution >= 0.6 is 0 Å². The number of carboxylic acid groups (broad SMARTS) is 1. The smallest absolute Gasteiger partial charge is 0.341 e. The number of aromatic nitrogens is 1. The summed E-state index contributed by atoms with van der Waals surface area (Å²) in [6.07, 6.45) is -9.27. The molecule has 0 bridgehead atoms. The number of hydrogen-bond acceptors (Lipinski definition) is 21. The average Bonchev–Trinajstić information content (AvgIpc) is 3.35. The predicted octanol–water partition coefficient (Wildman–Crippen LogP) is 2.87. The molecule has 0 amide bonds. The fraction of sp³-hybridized carbons (Fsp3) is 0.759. The first-order valence-corrected chi connectivity index (χ1v) is 26.6. The Morgan fingerprint density at radius 3 is 2.21 bits per heavy atom. The highest BCUT2D eigenvalue weighted by atomic mass is 16.7. The molecule has 7 N–H and O–H groups in total. The Kier molecular flexibility index (Phi) is 21.5. The minimum atomic E-state index is -2.04. The topological polar surface area (TPSA) is 299 Å². The minimum absolute atomic E-state index is 0.00927. The van der Waals surface area contributed by atoms with Crippen LogP contribution in [0, 0.1) is 23.7 Å². The largest absolute Gasteiger partial charge is 0.492 e. The number of rotatable bonds is 17. The van der Waals surface area contributed by atoms with Gasteiger partial charge < -0.3 is 83.9 Å². The molecule has 1 aromatic carbocycles. The van der Waals surface area contributed by atoms with Gasteiger partial charge in [0, 0.05) is 82.2 Å². The van der Waals surface area contributed by atoms with Gasteiger partial charge in [-0.25, -0.2) is 4.79 Å². The second-order valence-electron chi connectivity index (χ2n) is 22.5. The maximum Gasteiger partial charge on any atom is 0.341 e. The lowest BCUT2D eigenvalue weighted by Crippen LogP contribution is -2.61. The second-order valence-corrected chi connectivity index (χ2v) is 22.5. The van der Waals surface area contributed by atoms with Crippen LogP contribution in [-0.4, -0.2) is 203 Å². The molecule has 1 aromatic heterocycles. The van der Waals surface area contributed by atoms with E-state index >= 15 is 0 Å². The molecule has 23 nitrogen and oxygen atoms in total. The summed E-state index contributed by atoms with van der Waals surface area (Å²) in [7, 11) is 8.57. The van der Waals surface area contributed by atoms with Crippen molar-refractivity contribution in [3.8, 4) is 5.75 Å². The first-order chi connectivity index (χ1) is 35.9. The Balaban J connectivity index is 1.35. The highest BCUT2D eigenvalue weighted by Gasteiger charge is 2.54. The number of carboxylic acids is 1. The van der Waals surface area contributed by atoms with Crippen molar-refractivity contribution in [3.63, 3.8) is 0 Å². The van der Waals surface area contributed by atoms with Crippen LogP contribution < -0.4 is 20.5 Å². The molecule has 18 atom stereocenters. The normalized spacial score (nSPS) is 37.3. The molecular formula is C54H87N5O18. The van der Waals surface area contributed by atoms with Crippen LogP contribution in [0.15, 0.2) is 34.3 Å². The van der Waals surface area contributed by atoms with Crippen molar-refractivity contribution in [2.75, 3.05) is 60.0 Å². The van der Waals surface area contributed by atoms with Crippen LogP contribution in [0.1, 0.15) is 112 Å². The maximum absolute atomic E-state index is 14.5. The molecule has 2 aromatic rings. The van der Waals surface area contributed by atoms with E-state index in [0.29, 0.717) is 24.2 Å². The third kappa shape index (κ3) is 14.5. The van der Waals surface area contributed by atoms with E-state index in [-0.39, 0.29) is 67.6 Å². The maximum atomic E-state index is 14.5. The molecule has 3 aliphatic heterocycles. The van der Waals surface area contributed by atoms with E-state index in [1.165, 1.54) is 33.2 Å². The standard InChI is InChI=1S/C54H87N5O18/c1-16-39-54(10,68)46(63)30(4)42(56-69)28(2)25-52(8,67)47(77-51-44(62)38(57(11)12)23-29(3)72-51)31(5)45(32(6)50(66)74-39)76-41-26-53(9,70-15)48(33(7)73-41)75-40(60)19-20-55-21-22-71-34-17-18-35-37(24-34)59(58(13)14)27-36(43(35)61)49(64)65/h17-18,24,27-33,38-39,41,44-48,51,55,62-63,67-69H,16,19-23,25-26H2,1-15H3,(H,64,65)/b56-42+/t28-,29-,30+,31+,32-,33+,38+,39-,41+,44-,45+,46-,47-,48+,51+,52-,53-,54-/m1/s1. The zero-order chi connectivity index (χ0) is 57.6. The van der Waals surface area contributed by atoms with Crippen LogP contribution in [0.3, 0.4) is 0 Å². The number of esters is 2. The van der Waals surface area contributed by atoms with E-state index in [0.717, 1.165) is 0 Å². The molecule has 3 saturated heterocycles. The molecule has 0 aliphatic carbocycles. The van der Waals surface area contributed by atoms with Crippen LogP contribution in [-0.2, 0) is 42.7 Å². The van der Waals surface area contributed by atoms with Crippen molar-refractivity contribution in [1.82, 2.24) is 14.9 Å². The number of ether oxygens (including phenoxy) is 8. The Bertz CT molecular complexity index is 2420. The number of aromatic carboxylic acids is 1. The van der Waals surface area contributed by atoms with Crippen molar-refractivity contribution in [2.45, 2.75) is 186 Å². The number of likely N-dealkylation sites (N-methyl/N-ethyl adjacent to an activating group) is 1. The number of fused-ring (bicyclic) bond motifs is 1. The van der Waals surface area contributed by atoms with Gasteiger partial charge in [0.25, 0.3) is 0 Å². The van der Waals surface area contributed by atoms with E-state index in [2.05, 4.69) is 10.5 Å². The van der Waals surface area contributed by atoms with Crippen LogP contribution in [0.5, 0.6) is 5.75 Å². The second kappa shape index (κ2) is 26.2. The Labute approximate surface area is 451 Å². The molecule has 0 spiro atoms. The van der Waals surface area contributed by atoms with Gasteiger partial charge >= 0.3 is 17.9 Å². The predicted molar refractivity (Wildman–Crippen MR) is 283 cm³/mol. The van der Waals surface area contributed by atoms with Crippen molar-refractivity contribution < 1.29 is 83.0 Å². The number of methoxy groups -OCH3 is 1. The van der Waals surface area contributed by atoms with Crippen LogP contribution in [0.25, 0.3) is 10.9 Å². The van der Waals surface area contributed by atoms with Crippen molar-refractivity contribution >= 4 is 34.5 Å². The number of nitrogens with one attached hydrogen (secondary N) is 1. The van der Waals surface area contributed by atoms with Gasteiger partial charge in [0.05, 0.1) is 59.7 Å². The Morgan fingerprint density at radius 1 is 0.935 bits per heavy atom. The van der Waals surface area contributed by atoms with Gasteiger partial charge in [-0.2, -0.15) is 0 Å². The molecule has 3 aliphatic rings. The fourth-order valence-corrected chi connectivity index (χ4v) is 11.4. The summed E-state index contributed by atoms with van der Waals surface area (Å²) in [5.74, 6) is -6.03. The number of nitrogens with zero attached hydrogens (tertiary/aromatic N) is 4. The Morgan fingerprint density at radius 2 is 1.61 bits per heavy atom. The van der Waals surface area contributed by atoms with Gasteiger partial charge in [0.15, 0.2) is 18.7 Å². The van der Waals surface area contributed by atoms with Crippen LogP contribution in [0.4, 0.5) is 0 Å². The molecular weight excluding hydrogens is 1010 g/mol. The minimum Gasteiger partial charge on any atom is -0.492 e. The summed E-state index contributed by atoms with van der Waals surface area (Å²) in [6, 6.07) is 4.38. The van der Waals surface area contributed by atoms with Gasteiger partial charge in [0.1, 0.15) is 41.3 Å². The number of oxime groups is 1. The lowest BCUT2D eigenvalue weighted by Gasteiger charge is -2.49. The number of carbonyl (C=O) groups excluding carboxylic acids is 2. The highest BCUT2D eigenvalue weighted by Crippen LogP contribution is 2.42. The van der Waals surface area contributed by atoms with Gasteiger partial charge in [-0.15, -0.1) is 0 Å². The lowest BCUT2D eigenvalue weighted by atomic mass is 9.73. The van der Waals surface area contributed by atoms with E-state index < -0.39 is 119 Å². The number of benzene rings is 1. The van der Waals surface area contributed by atoms with Gasteiger partial charge in [0.2, 0.25) is 5.43 Å². The van der Waals surface area contributed by atoms with Crippen molar-refractivity contribution in [3.05, 3.63) is 40.2 Å². The number of carbonyl (C=O) groups is 3. The highest BCUT2D eigenvalue weighted by molar-refractivity contribution is 5.93. The average molecular weight is 1090 g/mol. The number of aliphatic hydroxyl groups is 4. The first kappa shape index (κ1) is 63.3. The number of hydrogen-bond donors (Lipinski definition) is 7. The number of pyridine rings is 1. The van der Waals surface area contributed by atoms with Gasteiger partial charge in [-0.1, -0.05) is 32.9 Å². The lowest BCUT2D eigenvalue weighted by molar-refractivity contribution is -0.318. The monoisotopic (exact) mass is 1090 g/mol. The summed E-state index contributed by atoms with van der Waals surface area (Å²) in [4.78, 5) is 54.4. The Hall–Kier alpha value is -4.53. The van der Waals surface area contributed by atoms with Gasteiger partial charge in [-0.3, -0.25) is 19.1 Å². The third-order valence-corrected chi connectivity index (χ3v) is 15.9. The number of aliphatic hydroxyl groups excluding tert-OH is 2. The molecule has 436 valence electrons. The summed E-state index contributed by atoms with van der Waals surface area (Å²) in [6.45, 7) is 17.2. The molecule has 0 unspecified atom stereocenters. The molecule has 77 heavy (non-hydrogen) atoms. The molecule has 23 heteroatoms. The summed E-state index contributed by atoms with van der Waals surface area (Å²) in [5, 5.41) is 76.6. The third-order valence-electron chi connectivity index (χ3n) is 15.9. The molecule has 4 heterocycles. The van der Waals surface area contributed by atoms with Crippen molar-refractivity contribution in [2.24, 2.45) is 28.8 Å². The van der Waals surface area contributed by atoms with E-state index in [9.17, 15) is 49.9 Å².